The molecule has 0 radical (unpaired) electrons. The third kappa shape index (κ3) is 4.38. The normalized spacial score (nSPS) is 10.2. The van der Waals surface area contributed by atoms with Gasteiger partial charge in [0, 0.05) is 11.1 Å². The molecule has 0 saturated carbocycles. The minimum absolute atomic E-state index is 0.0529. The van der Waals surface area contributed by atoms with E-state index in [1.807, 2.05) is 42.5 Å². The summed E-state index contributed by atoms with van der Waals surface area (Å²) in [6.07, 6.45) is 1.68. The molecule has 1 N–H and O–H groups in total. The van der Waals surface area contributed by atoms with Crippen LogP contribution in [0.3, 0.4) is 0 Å². The molecule has 0 aliphatic rings. The van der Waals surface area contributed by atoms with Crippen molar-refractivity contribution in [3.8, 4) is 11.5 Å². The number of benzene rings is 3. The maximum Gasteiger partial charge on any atom is 0.262 e. The summed E-state index contributed by atoms with van der Waals surface area (Å²) in [6.45, 7) is 4.00. The van der Waals surface area contributed by atoms with Gasteiger partial charge in [0.25, 0.3) is 5.91 Å². The Hall–Kier alpha value is -3.27. The Morgan fingerprint density at radius 2 is 1.72 bits per heavy atom. The summed E-state index contributed by atoms with van der Waals surface area (Å²) in [5.41, 5.74) is 0.692. The Morgan fingerprint density at radius 1 is 0.960 bits per heavy atom. The summed E-state index contributed by atoms with van der Waals surface area (Å²) in [6, 6.07) is 20.9. The largest absolute Gasteiger partial charge is 0.490 e. The Labute approximate surface area is 146 Å². The number of hydrogen-bond donors (Lipinski definition) is 1. The van der Waals surface area contributed by atoms with Crippen LogP contribution >= 0.6 is 0 Å². The molecule has 0 aliphatic heterocycles. The highest BCUT2D eigenvalue weighted by molar-refractivity contribution is 5.93. The fourth-order valence-electron chi connectivity index (χ4n) is 2.45. The number of amides is 1. The Balaban J connectivity index is 1.58. The van der Waals surface area contributed by atoms with Crippen LogP contribution in [0, 0.1) is 0 Å². The molecule has 126 valence electrons. The number of hydrogen-bond acceptors (Lipinski definition) is 3. The average Bonchev–Trinajstić information content (AvgIpc) is 2.66. The minimum atomic E-state index is -0.215. The molecule has 0 atom stereocenters. The molecule has 0 saturated heterocycles. The Kier molecular flexibility index (Phi) is 5.32. The van der Waals surface area contributed by atoms with Crippen molar-refractivity contribution in [2.24, 2.45) is 0 Å². The van der Waals surface area contributed by atoms with Crippen LogP contribution in [0.15, 0.2) is 79.4 Å². The van der Waals surface area contributed by atoms with Crippen molar-refractivity contribution in [3.05, 3.63) is 79.4 Å². The Morgan fingerprint density at radius 3 is 2.52 bits per heavy atom. The van der Waals surface area contributed by atoms with Gasteiger partial charge in [-0.1, -0.05) is 49.1 Å². The van der Waals surface area contributed by atoms with E-state index in [1.165, 1.54) is 0 Å². The van der Waals surface area contributed by atoms with Gasteiger partial charge in [0.05, 0.1) is 0 Å². The van der Waals surface area contributed by atoms with E-state index >= 15 is 0 Å². The molecule has 3 rings (SSSR count). The topological polar surface area (TPSA) is 47.6 Å². The molecule has 0 heterocycles. The van der Waals surface area contributed by atoms with Gasteiger partial charge in [0.2, 0.25) is 0 Å². The molecule has 0 unspecified atom stereocenters. The summed E-state index contributed by atoms with van der Waals surface area (Å²) in [5, 5.41) is 4.87. The van der Waals surface area contributed by atoms with E-state index in [0.29, 0.717) is 18.0 Å². The lowest BCUT2D eigenvalue weighted by atomic mass is 10.1. The highest BCUT2D eigenvalue weighted by atomic mass is 16.5. The zero-order valence-electron chi connectivity index (χ0n) is 13.8. The third-order valence-electron chi connectivity index (χ3n) is 3.61. The molecule has 3 aromatic carbocycles. The van der Waals surface area contributed by atoms with E-state index in [4.69, 9.17) is 9.47 Å². The van der Waals surface area contributed by atoms with Gasteiger partial charge in [-0.15, -0.1) is 0 Å². The fraction of sp³-hybridized carbons (Fsp3) is 0.0952. The van der Waals surface area contributed by atoms with Crippen molar-refractivity contribution >= 4 is 22.4 Å². The number of nitrogens with one attached hydrogen (secondary N) is 1. The summed E-state index contributed by atoms with van der Waals surface area (Å²) >= 11 is 0. The minimum Gasteiger partial charge on any atom is -0.490 e. The number of carbonyl (C=O) groups excluding carboxylic acids is 1. The molecule has 1 amide bonds. The first-order chi connectivity index (χ1) is 12.3. The lowest BCUT2D eigenvalue weighted by Gasteiger charge is -2.10. The van der Waals surface area contributed by atoms with Gasteiger partial charge < -0.3 is 14.8 Å². The predicted molar refractivity (Wildman–Crippen MR) is 100 cm³/mol. The van der Waals surface area contributed by atoms with Crippen LogP contribution in [-0.4, -0.2) is 19.1 Å². The molecule has 4 heteroatoms. The summed E-state index contributed by atoms with van der Waals surface area (Å²) in [7, 11) is 0. The quantitative estimate of drug-likeness (QED) is 0.651. The predicted octanol–water partition coefficient (Wildman–Crippen LogP) is 4.42. The molecule has 0 spiro atoms. The van der Waals surface area contributed by atoms with Crippen LogP contribution in [0.25, 0.3) is 10.8 Å². The van der Waals surface area contributed by atoms with Gasteiger partial charge in [0.1, 0.15) is 18.1 Å². The second-order valence-corrected chi connectivity index (χ2v) is 5.44. The maximum atomic E-state index is 12.1. The van der Waals surface area contributed by atoms with Gasteiger partial charge in [-0.2, -0.15) is 0 Å². The van der Waals surface area contributed by atoms with Crippen LogP contribution in [0.5, 0.6) is 11.5 Å². The number of rotatable bonds is 7. The maximum absolute atomic E-state index is 12.1. The second kappa shape index (κ2) is 8.02. The van der Waals surface area contributed by atoms with Crippen molar-refractivity contribution in [3.63, 3.8) is 0 Å². The lowest BCUT2D eigenvalue weighted by molar-refractivity contribution is -0.118. The standard InChI is InChI=1S/C21H19NO3/c1-2-14-24-18-12-10-17(11-13-18)22-21(23)15-25-20-9-5-7-16-6-3-4-8-19(16)20/h2-13H,1,14-15H2,(H,22,23). The smallest absolute Gasteiger partial charge is 0.262 e. The molecular formula is C21H19NO3. The van der Waals surface area contributed by atoms with Crippen molar-refractivity contribution in [2.45, 2.75) is 0 Å². The van der Waals surface area contributed by atoms with E-state index in [9.17, 15) is 4.79 Å². The molecule has 3 aromatic rings. The van der Waals surface area contributed by atoms with E-state index in [-0.39, 0.29) is 12.5 Å². The number of carbonyl (C=O) groups is 1. The molecule has 0 bridgehead atoms. The first-order valence-corrected chi connectivity index (χ1v) is 8.00. The van der Waals surface area contributed by atoms with Crippen LogP contribution in [-0.2, 0) is 4.79 Å². The van der Waals surface area contributed by atoms with Gasteiger partial charge in [0.15, 0.2) is 6.61 Å². The third-order valence-corrected chi connectivity index (χ3v) is 3.61. The molecule has 0 aromatic heterocycles. The van der Waals surface area contributed by atoms with Crippen molar-refractivity contribution in [1.82, 2.24) is 0 Å². The molecule has 4 nitrogen and oxygen atoms in total. The van der Waals surface area contributed by atoms with E-state index in [0.717, 1.165) is 16.5 Å². The molecule has 0 fully saturated rings. The van der Waals surface area contributed by atoms with Crippen molar-refractivity contribution < 1.29 is 14.3 Å². The summed E-state index contributed by atoms with van der Waals surface area (Å²) in [4.78, 5) is 12.1. The summed E-state index contributed by atoms with van der Waals surface area (Å²) < 4.78 is 11.1. The van der Waals surface area contributed by atoms with Gasteiger partial charge >= 0.3 is 0 Å². The molecule has 25 heavy (non-hydrogen) atoms. The van der Waals surface area contributed by atoms with Gasteiger partial charge in [-0.3, -0.25) is 4.79 Å². The molecular weight excluding hydrogens is 314 g/mol. The van der Waals surface area contributed by atoms with Crippen LogP contribution < -0.4 is 14.8 Å². The van der Waals surface area contributed by atoms with E-state index in [1.54, 1.807) is 30.3 Å². The monoisotopic (exact) mass is 333 g/mol. The summed E-state index contributed by atoms with van der Waals surface area (Å²) in [5.74, 6) is 1.21. The first kappa shape index (κ1) is 16.6. The fourth-order valence-corrected chi connectivity index (χ4v) is 2.45. The number of fused-ring (bicyclic) bond motifs is 1. The van der Waals surface area contributed by atoms with Crippen LogP contribution in [0.2, 0.25) is 0 Å². The number of ether oxygens (including phenoxy) is 2. The highest BCUT2D eigenvalue weighted by Crippen LogP contribution is 2.25. The lowest BCUT2D eigenvalue weighted by Crippen LogP contribution is -2.20. The van der Waals surface area contributed by atoms with E-state index < -0.39 is 0 Å². The van der Waals surface area contributed by atoms with Crippen molar-refractivity contribution in [1.29, 1.82) is 0 Å². The average molecular weight is 333 g/mol. The zero-order chi connectivity index (χ0) is 17.5. The van der Waals surface area contributed by atoms with Crippen LogP contribution in [0.1, 0.15) is 0 Å². The van der Waals surface area contributed by atoms with Gasteiger partial charge in [-0.05, 0) is 35.7 Å². The highest BCUT2D eigenvalue weighted by Gasteiger charge is 2.06. The second-order valence-electron chi connectivity index (χ2n) is 5.44. The molecule has 0 aliphatic carbocycles. The van der Waals surface area contributed by atoms with Crippen molar-refractivity contribution in [2.75, 3.05) is 18.5 Å². The zero-order valence-corrected chi connectivity index (χ0v) is 13.8. The SMILES string of the molecule is C=CCOc1ccc(NC(=O)COc2cccc3ccccc23)cc1. The van der Waals surface area contributed by atoms with Gasteiger partial charge in [-0.25, -0.2) is 0 Å². The van der Waals surface area contributed by atoms with Crippen LogP contribution in [0.4, 0.5) is 5.69 Å². The first-order valence-electron chi connectivity index (χ1n) is 8.00. The Bertz CT molecular complexity index is 866. The van der Waals surface area contributed by atoms with E-state index in [2.05, 4.69) is 11.9 Å². The number of anilines is 1.